The van der Waals surface area contributed by atoms with Gasteiger partial charge < -0.3 is 18.9 Å². The number of hydrogen-bond donors (Lipinski definition) is 1. The normalized spacial score (nSPS) is 13.0. The highest BCUT2D eigenvalue weighted by Gasteiger charge is 2.34. The van der Waals surface area contributed by atoms with E-state index in [1.165, 1.54) is 52.3 Å². The molecule has 4 rings (SSSR count). The Morgan fingerprint density at radius 3 is 2.13 bits per heavy atom. The van der Waals surface area contributed by atoms with Crippen LogP contribution in [0.1, 0.15) is 24.4 Å². The van der Waals surface area contributed by atoms with Gasteiger partial charge in [0, 0.05) is 31.1 Å². The average Bonchev–Trinajstić information content (AvgIpc) is 3.35. The molecule has 1 N–H and O–H groups in total. The zero-order valence-electron chi connectivity index (χ0n) is 22.3. The standard InChI is InChI=1S/C25H29N7O6S/c1-15(23(38-6)17-13-26-16(2)27-14-17)39(33,34)31-25-30-29-24(18-9-7-12-21(28-18)37-5)32(25)22-19(35-3)10-8-11-20(22)36-4/h7-15,23H,1-6H3,(H,30,31). The van der Waals surface area contributed by atoms with Gasteiger partial charge in [-0.05, 0) is 32.0 Å². The summed E-state index contributed by atoms with van der Waals surface area (Å²) in [6.07, 6.45) is 2.22. The summed E-state index contributed by atoms with van der Waals surface area (Å²) in [6.45, 7) is 3.26. The Hall–Kier alpha value is -4.30. The van der Waals surface area contributed by atoms with E-state index in [2.05, 4.69) is 29.9 Å². The SMILES string of the molecule is COc1cccc(-c2nnc(NS(=O)(=O)C(C)C(OC)c3cnc(C)nc3)n2-c2c(OC)cccc2OC)n1. The number of benzene rings is 1. The van der Waals surface area contributed by atoms with Crippen LogP contribution >= 0.6 is 0 Å². The molecule has 0 fully saturated rings. The minimum atomic E-state index is -4.11. The minimum absolute atomic E-state index is 0.112. The lowest BCUT2D eigenvalue weighted by Crippen LogP contribution is -2.33. The van der Waals surface area contributed by atoms with Crippen LogP contribution in [0.4, 0.5) is 5.95 Å². The molecule has 39 heavy (non-hydrogen) atoms. The summed E-state index contributed by atoms with van der Waals surface area (Å²) < 4.78 is 53.4. The van der Waals surface area contributed by atoms with Crippen LogP contribution in [0.25, 0.3) is 17.2 Å². The van der Waals surface area contributed by atoms with Crippen molar-refractivity contribution in [1.29, 1.82) is 0 Å². The molecular formula is C25H29N7O6S. The predicted octanol–water partition coefficient (Wildman–Crippen LogP) is 2.97. The summed E-state index contributed by atoms with van der Waals surface area (Å²) in [5.74, 6) is 1.78. The van der Waals surface area contributed by atoms with Crippen molar-refractivity contribution in [3.63, 3.8) is 0 Å². The number of nitrogens with zero attached hydrogens (tertiary/aromatic N) is 6. The van der Waals surface area contributed by atoms with Crippen molar-refractivity contribution in [2.24, 2.45) is 0 Å². The molecule has 0 radical (unpaired) electrons. The Bertz CT molecular complexity index is 1520. The van der Waals surface area contributed by atoms with Gasteiger partial charge in [-0.3, -0.25) is 9.29 Å². The van der Waals surface area contributed by atoms with E-state index in [1.807, 2.05) is 0 Å². The molecule has 0 saturated heterocycles. The summed E-state index contributed by atoms with van der Waals surface area (Å²) in [6, 6.07) is 10.3. The maximum atomic E-state index is 13.7. The Labute approximate surface area is 226 Å². The highest BCUT2D eigenvalue weighted by Crippen LogP contribution is 2.38. The van der Waals surface area contributed by atoms with E-state index in [0.29, 0.717) is 40.1 Å². The molecule has 4 aromatic rings. The van der Waals surface area contributed by atoms with E-state index < -0.39 is 21.4 Å². The number of rotatable bonds is 11. The van der Waals surface area contributed by atoms with Crippen LogP contribution in [0.2, 0.25) is 0 Å². The number of nitrogens with one attached hydrogen (secondary N) is 1. The number of aryl methyl sites for hydroxylation is 1. The second-order valence-electron chi connectivity index (χ2n) is 8.33. The molecule has 0 bridgehead atoms. The van der Waals surface area contributed by atoms with Crippen molar-refractivity contribution in [2.45, 2.75) is 25.2 Å². The third kappa shape index (κ3) is 5.61. The number of para-hydroxylation sites is 1. The first-order valence-corrected chi connectivity index (χ1v) is 13.3. The molecule has 0 aliphatic rings. The molecule has 2 unspecified atom stereocenters. The summed E-state index contributed by atoms with van der Waals surface area (Å²) >= 11 is 0. The fourth-order valence-corrected chi connectivity index (χ4v) is 5.13. The largest absolute Gasteiger partial charge is 0.494 e. The van der Waals surface area contributed by atoms with Crippen LogP contribution in [0.5, 0.6) is 17.4 Å². The Balaban J connectivity index is 1.85. The summed E-state index contributed by atoms with van der Waals surface area (Å²) in [5, 5.41) is 7.38. The first-order chi connectivity index (χ1) is 18.7. The van der Waals surface area contributed by atoms with E-state index in [0.717, 1.165) is 0 Å². The summed E-state index contributed by atoms with van der Waals surface area (Å²) in [7, 11) is 1.78. The topological polar surface area (TPSA) is 152 Å². The van der Waals surface area contributed by atoms with Gasteiger partial charge in [-0.2, -0.15) is 0 Å². The monoisotopic (exact) mass is 555 g/mol. The van der Waals surface area contributed by atoms with E-state index in [9.17, 15) is 8.42 Å². The number of ether oxygens (including phenoxy) is 4. The quantitative estimate of drug-likeness (QED) is 0.291. The van der Waals surface area contributed by atoms with Gasteiger partial charge in [0.2, 0.25) is 21.9 Å². The van der Waals surface area contributed by atoms with Gasteiger partial charge in [0.15, 0.2) is 5.82 Å². The number of anilines is 1. The number of aromatic nitrogens is 6. The first-order valence-electron chi connectivity index (χ1n) is 11.7. The molecule has 0 aliphatic carbocycles. The zero-order valence-corrected chi connectivity index (χ0v) is 23.1. The number of pyridine rings is 1. The highest BCUT2D eigenvalue weighted by molar-refractivity contribution is 7.93. The number of sulfonamides is 1. The van der Waals surface area contributed by atoms with E-state index in [1.54, 1.807) is 43.3 Å². The van der Waals surface area contributed by atoms with Crippen molar-refractivity contribution in [3.05, 3.63) is 60.2 Å². The molecule has 2 atom stereocenters. The minimum Gasteiger partial charge on any atom is -0.494 e. The van der Waals surface area contributed by atoms with Crippen molar-refractivity contribution in [2.75, 3.05) is 33.2 Å². The van der Waals surface area contributed by atoms with Gasteiger partial charge in [0.1, 0.15) is 40.1 Å². The Kier molecular flexibility index (Phi) is 8.26. The van der Waals surface area contributed by atoms with Crippen LogP contribution in [0, 0.1) is 6.92 Å². The van der Waals surface area contributed by atoms with Gasteiger partial charge in [0.05, 0.1) is 21.3 Å². The van der Waals surface area contributed by atoms with E-state index in [4.69, 9.17) is 18.9 Å². The van der Waals surface area contributed by atoms with Crippen LogP contribution < -0.4 is 18.9 Å². The van der Waals surface area contributed by atoms with Crippen LogP contribution in [0.3, 0.4) is 0 Å². The number of hydrogen-bond acceptors (Lipinski definition) is 11. The maximum absolute atomic E-state index is 13.7. The summed E-state index contributed by atoms with van der Waals surface area (Å²) in [4.78, 5) is 12.8. The fourth-order valence-electron chi connectivity index (χ4n) is 3.96. The van der Waals surface area contributed by atoms with E-state index in [-0.39, 0.29) is 11.8 Å². The first kappa shape index (κ1) is 27.7. The van der Waals surface area contributed by atoms with Crippen LogP contribution in [0.15, 0.2) is 48.8 Å². The van der Waals surface area contributed by atoms with Gasteiger partial charge in [-0.1, -0.05) is 12.1 Å². The molecule has 0 aliphatic heterocycles. The molecule has 0 amide bonds. The highest BCUT2D eigenvalue weighted by atomic mass is 32.2. The molecule has 3 aromatic heterocycles. The van der Waals surface area contributed by atoms with Crippen molar-refractivity contribution >= 4 is 16.0 Å². The van der Waals surface area contributed by atoms with Crippen molar-refractivity contribution in [1.82, 2.24) is 29.7 Å². The van der Waals surface area contributed by atoms with Gasteiger partial charge in [-0.25, -0.2) is 23.4 Å². The summed E-state index contributed by atoms with van der Waals surface area (Å²) in [5.41, 5.74) is 1.25. The zero-order chi connectivity index (χ0) is 28.2. The van der Waals surface area contributed by atoms with Crippen molar-refractivity contribution in [3.8, 4) is 34.6 Å². The molecule has 206 valence electrons. The predicted molar refractivity (Wildman–Crippen MR) is 143 cm³/mol. The molecule has 3 heterocycles. The molecule has 0 spiro atoms. The maximum Gasteiger partial charge on any atom is 0.243 e. The van der Waals surface area contributed by atoms with Gasteiger partial charge >= 0.3 is 0 Å². The molecule has 0 saturated carbocycles. The number of methoxy groups -OCH3 is 4. The molecule has 13 nitrogen and oxygen atoms in total. The molecule has 14 heteroatoms. The second-order valence-corrected chi connectivity index (χ2v) is 10.4. The van der Waals surface area contributed by atoms with E-state index >= 15 is 0 Å². The van der Waals surface area contributed by atoms with Crippen molar-refractivity contribution < 1.29 is 27.4 Å². The van der Waals surface area contributed by atoms with Crippen LogP contribution in [-0.2, 0) is 14.8 Å². The Morgan fingerprint density at radius 1 is 0.897 bits per heavy atom. The fraction of sp³-hybridized carbons (Fsp3) is 0.320. The average molecular weight is 556 g/mol. The Morgan fingerprint density at radius 2 is 1.54 bits per heavy atom. The van der Waals surface area contributed by atoms with Gasteiger partial charge in [0.25, 0.3) is 0 Å². The molecule has 1 aromatic carbocycles. The van der Waals surface area contributed by atoms with Crippen LogP contribution in [-0.4, -0.2) is 71.8 Å². The lowest BCUT2D eigenvalue weighted by molar-refractivity contribution is 0.102. The second kappa shape index (κ2) is 11.6. The smallest absolute Gasteiger partial charge is 0.243 e. The lowest BCUT2D eigenvalue weighted by Gasteiger charge is -2.23. The molecular weight excluding hydrogens is 526 g/mol. The third-order valence-electron chi connectivity index (χ3n) is 5.98. The van der Waals surface area contributed by atoms with Gasteiger partial charge in [-0.15, -0.1) is 10.2 Å². The third-order valence-corrected chi connectivity index (χ3v) is 7.68. The lowest BCUT2D eigenvalue weighted by atomic mass is 10.1.